The molecule has 0 spiro atoms. The number of carbonyl (C=O) groups excluding carboxylic acids is 1. The molecule has 4 heteroatoms. The molecule has 1 aromatic rings. The summed E-state index contributed by atoms with van der Waals surface area (Å²) >= 11 is 3.43. The fourth-order valence-corrected chi connectivity index (χ4v) is 2.02. The average Bonchev–Trinajstić information content (AvgIpc) is 2.16. The van der Waals surface area contributed by atoms with Gasteiger partial charge in [-0.25, -0.2) is 4.39 Å². The zero-order valence-corrected chi connectivity index (χ0v) is 10.9. The van der Waals surface area contributed by atoms with Crippen molar-refractivity contribution in [1.29, 1.82) is 0 Å². The largest absolute Gasteiger partial charge is 0.350 e. The van der Waals surface area contributed by atoms with E-state index in [9.17, 15) is 9.18 Å². The molecule has 1 aromatic carbocycles. The lowest BCUT2D eigenvalue weighted by atomic mass is 10.1. The van der Waals surface area contributed by atoms with Crippen molar-refractivity contribution in [2.24, 2.45) is 0 Å². The molecule has 0 aliphatic carbocycles. The Kier molecular flexibility index (Phi) is 4.93. The summed E-state index contributed by atoms with van der Waals surface area (Å²) in [6.07, 6.45) is 0.854. The first-order chi connectivity index (χ1) is 7.49. The van der Waals surface area contributed by atoms with Crippen LogP contribution in [0.3, 0.4) is 0 Å². The topological polar surface area (TPSA) is 29.1 Å². The molecule has 2 atom stereocenters. The van der Waals surface area contributed by atoms with Crippen molar-refractivity contribution in [3.05, 3.63) is 35.6 Å². The van der Waals surface area contributed by atoms with E-state index in [0.717, 1.165) is 6.42 Å². The van der Waals surface area contributed by atoms with Crippen LogP contribution in [-0.2, 0) is 0 Å². The predicted octanol–water partition coefficient (Wildman–Crippen LogP) is 3.12. The molecule has 0 aliphatic heterocycles. The number of halogens is 2. The van der Waals surface area contributed by atoms with E-state index in [-0.39, 0.29) is 17.8 Å². The molecule has 88 valence electrons. The second-order valence-corrected chi connectivity index (χ2v) is 5.46. The molecule has 0 bridgehead atoms. The molecule has 0 radical (unpaired) electrons. The van der Waals surface area contributed by atoms with Gasteiger partial charge in [0.15, 0.2) is 0 Å². The van der Waals surface area contributed by atoms with Gasteiger partial charge in [0.2, 0.25) is 0 Å². The second kappa shape index (κ2) is 5.99. The smallest absolute Gasteiger partial charge is 0.251 e. The van der Waals surface area contributed by atoms with Gasteiger partial charge in [-0.05, 0) is 37.6 Å². The second-order valence-electron chi connectivity index (χ2n) is 3.90. The average molecular weight is 288 g/mol. The van der Waals surface area contributed by atoms with E-state index in [1.807, 2.05) is 13.8 Å². The summed E-state index contributed by atoms with van der Waals surface area (Å²) in [4.78, 5) is 12.1. The van der Waals surface area contributed by atoms with E-state index in [4.69, 9.17) is 0 Å². The third-order valence-corrected chi connectivity index (χ3v) is 2.54. The Morgan fingerprint density at radius 2 is 1.94 bits per heavy atom. The quantitative estimate of drug-likeness (QED) is 0.847. The molecule has 0 fully saturated rings. The maximum atomic E-state index is 12.6. The molecule has 0 heterocycles. The lowest BCUT2D eigenvalue weighted by molar-refractivity contribution is 0.0938. The molecular formula is C12H15BrFNO. The first kappa shape index (κ1) is 13.2. The Bertz CT molecular complexity index is 351. The number of hydrogen-bond donors (Lipinski definition) is 1. The summed E-state index contributed by atoms with van der Waals surface area (Å²) in [6, 6.07) is 5.62. The van der Waals surface area contributed by atoms with Gasteiger partial charge in [-0.1, -0.05) is 22.9 Å². The Morgan fingerprint density at radius 3 is 2.44 bits per heavy atom. The van der Waals surface area contributed by atoms with E-state index >= 15 is 0 Å². The van der Waals surface area contributed by atoms with Crippen LogP contribution in [0.25, 0.3) is 0 Å². The summed E-state index contributed by atoms with van der Waals surface area (Å²) in [5.74, 6) is -0.501. The van der Waals surface area contributed by atoms with E-state index < -0.39 is 0 Å². The highest BCUT2D eigenvalue weighted by Crippen LogP contribution is 2.08. The summed E-state index contributed by atoms with van der Waals surface area (Å²) in [5, 5.41) is 2.86. The third-order valence-electron chi connectivity index (χ3n) is 2.16. The van der Waals surface area contributed by atoms with Crippen LogP contribution in [0.1, 0.15) is 30.6 Å². The molecule has 0 saturated heterocycles. The minimum absolute atomic E-state index is 0.0897. The summed E-state index contributed by atoms with van der Waals surface area (Å²) in [5.41, 5.74) is 0.482. The monoisotopic (exact) mass is 287 g/mol. The number of amides is 1. The van der Waals surface area contributed by atoms with Crippen LogP contribution in [-0.4, -0.2) is 16.8 Å². The van der Waals surface area contributed by atoms with Gasteiger partial charge in [-0.15, -0.1) is 0 Å². The normalized spacial score (nSPS) is 14.2. The predicted molar refractivity (Wildman–Crippen MR) is 66.3 cm³/mol. The van der Waals surface area contributed by atoms with Crippen LogP contribution in [0.4, 0.5) is 4.39 Å². The fourth-order valence-electron chi connectivity index (χ4n) is 1.45. The molecule has 1 amide bonds. The highest BCUT2D eigenvalue weighted by molar-refractivity contribution is 9.09. The fraction of sp³-hybridized carbons (Fsp3) is 0.417. The minimum Gasteiger partial charge on any atom is -0.350 e. The van der Waals surface area contributed by atoms with Crippen molar-refractivity contribution in [3.63, 3.8) is 0 Å². The Balaban J connectivity index is 2.55. The van der Waals surface area contributed by atoms with Crippen LogP contribution in [0, 0.1) is 5.82 Å². The van der Waals surface area contributed by atoms with Gasteiger partial charge in [-0.2, -0.15) is 0 Å². The van der Waals surface area contributed by atoms with Gasteiger partial charge in [0, 0.05) is 16.4 Å². The maximum Gasteiger partial charge on any atom is 0.251 e. The molecular weight excluding hydrogens is 273 g/mol. The van der Waals surface area contributed by atoms with Crippen molar-refractivity contribution < 1.29 is 9.18 Å². The zero-order chi connectivity index (χ0) is 12.1. The van der Waals surface area contributed by atoms with Crippen LogP contribution in [0.15, 0.2) is 24.3 Å². The molecule has 16 heavy (non-hydrogen) atoms. The minimum atomic E-state index is -0.335. The number of nitrogens with one attached hydrogen (secondary N) is 1. The van der Waals surface area contributed by atoms with Crippen molar-refractivity contribution in [1.82, 2.24) is 5.32 Å². The standard InChI is InChI=1S/C12H15BrFNO/c1-8(13)7-9(2)15-12(16)10-3-5-11(14)6-4-10/h3-6,8-9H,7H2,1-2H3,(H,15,16). The van der Waals surface area contributed by atoms with E-state index in [2.05, 4.69) is 21.2 Å². The first-order valence-corrected chi connectivity index (χ1v) is 6.11. The van der Waals surface area contributed by atoms with Gasteiger partial charge in [-0.3, -0.25) is 4.79 Å². The van der Waals surface area contributed by atoms with E-state index in [1.165, 1.54) is 24.3 Å². The van der Waals surface area contributed by atoms with Gasteiger partial charge in [0.1, 0.15) is 5.82 Å². The van der Waals surface area contributed by atoms with E-state index in [1.54, 1.807) is 0 Å². The highest BCUT2D eigenvalue weighted by Gasteiger charge is 2.11. The molecule has 2 nitrogen and oxygen atoms in total. The molecule has 0 aliphatic rings. The number of benzene rings is 1. The molecule has 1 N–H and O–H groups in total. The van der Waals surface area contributed by atoms with Crippen LogP contribution in [0.5, 0.6) is 0 Å². The van der Waals surface area contributed by atoms with Gasteiger partial charge >= 0.3 is 0 Å². The van der Waals surface area contributed by atoms with Crippen molar-refractivity contribution in [2.45, 2.75) is 31.1 Å². The van der Waals surface area contributed by atoms with Gasteiger partial charge in [0.25, 0.3) is 5.91 Å². The summed E-state index contributed by atoms with van der Waals surface area (Å²) < 4.78 is 12.6. The number of carbonyl (C=O) groups is 1. The third kappa shape index (κ3) is 4.31. The van der Waals surface area contributed by atoms with Crippen LogP contribution >= 0.6 is 15.9 Å². The van der Waals surface area contributed by atoms with Crippen molar-refractivity contribution in [3.8, 4) is 0 Å². The van der Waals surface area contributed by atoms with Crippen molar-refractivity contribution >= 4 is 21.8 Å². The lowest BCUT2D eigenvalue weighted by Gasteiger charge is -2.15. The molecule has 0 aromatic heterocycles. The summed E-state index contributed by atoms with van der Waals surface area (Å²) in [6.45, 7) is 3.97. The molecule has 2 unspecified atom stereocenters. The number of rotatable bonds is 4. The lowest BCUT2D eigenvalue weighted by Crippen LogP contribution is -2.33. The van der Waals surface area contributed by atoms with Gasteiger partial charge < -0.3 is 5.32 Å². The number of alkyl halides is 1. The van der Waals surface area contributed by atoms with Crippen LogP contribution in [0.2, 0.25) is 0 Å². The summed E-state index contributed by atoms with van der Waals surface area (Å²) in [7, 11) is 0. The Hall–Kier alpha value is -0.900. The Morgan fingerprint density at radius 1 is 1.38 bits per heavy atom. The molecule has 1 rings (SSSR count). The van der Waals surface area contributed by atoms with Crippen molar-refractivity contribution in [2.75, 3.05) is 0 Å². The highest BCUT2D eigenvalue weighted by atomic mass is 79.9. The molecule has 0 saturated carbocycles. The van der Waals surface area contributed by atoms with E-state index in [0.29, 0.717) is 10.4 Å². The number of hydrogen-bond acceptors (Lipinski definition) is 1. The Labute approximate surface area is 103 Å². The SMILES string of the molecule is CC(Br)CC(C)NC(=O)c1ccc(F)cc1. The van der Waals surface area contributed by atoms with Gasteiger partial charge in [0.05, 0.1) is 0 Å². The zero-order valence-electron chi connectivity index (χ0n) is 9.34. The first-order valence-electron chi connectivity index (χ1n) is 5.19. The van der Waals surface area contributed by atoms with Crippen LogP contribution < -0.4 is 5.32 Å². The maximum absolute atomic E-state index is 12.6.